The van der Waals surface area contributed by atoms with Crippen LogP contribution in [0, 0.1) is 0 Å². The molecule has 6 nitrogen and oxygen atoms in total. The maximum Gasteiger partial charge on any atom is 0.657 e. The van der Waals surface area contributed by atoms with Crippen LogP contribution in [-0.2, 0) is 28.2 Å². The molecule has 0 amide bonds. The maximum absolute atomic E-state index is 11.4. The molecule has 0 radical (unpaired) electrons. The second-order valence-corrected chi connectivity index (χ2v) is 4.64. The zero-order chi connectivity index (χ0) is 11.5. The van der Waals surface area contributed by atoms with E-state index >= 15 is 0 Å². The number of carbonyl (C=O) groups is 2. The van der Waals surface area contributed by atoms with Gasteiger partial charge in [0.25, 0.3) is 11.9 Å². The lowest BCUT2D eigenvalue weighted by atomic mass is 10.1. The average molecular weight is 215 g/mol. The van der Waals surface area contributed by atoms with Crippen molar-refractivity contribution >= 4 is 18.9 Å². The minimum atomic E-state index is -2.70. The van der Waals surface area contributed by atoms with Gasteiger partial charge in [-0.2, -0.15) is 0 Å². The van der Waals surface area contributed by atoms with Gasteiger partial charge in [-0.05, 0) is 27.7 Å². The quantitative estimate of drug-likeness (QED) is 0.534. The fraction of sp³-hybridized carbons (Fsp3) is 0.750. The summed E-state index contributed by atoms with van der Waals surface area (Å²) in [6.45, 7) is 3.38. The highest BCUT2D eigenvalue weighted by Gasteiger charge is 2.61. The van der Waals surface area contributed by atoms with Gasteiger partial charge in [0.2, 0.25) is 0 Å². The van der Waals surface area contributed by atoms with Crippen molar-refractivity contribution in [3.05, 3.63) is 0 Å². The molecule has 0 unspecified atom stereocenters. The first-order valence-electron chi connectivity index (χ1n) is 4.67. The predicted molar refractivity (Wildman–Crippen MR) is 48.3 cm³/mol. The first kappa shape index (κ1) is 10.4. The highest BCUT2D eigenvalue weighted by molar-refractivity contribution is 6.61. The highest BCUT2D eigenvalue weighted by atomic mass is 16.9. The molecule has 2 rings (SSSR count). The second-order valence-electron chi connectivity index (χ2n) is 4.64. The smallest absolute Gasteiger partial charge is 0.606 e. The molecule has 0 aromatic carbocycles. The Morgan fingerprint density at radius 2 is 1.20 bits per heavy atom. The van der Waals surface area contributed by atoms with Gasteiger partial charge in [-0.25, -0.2) is 0 Å². The van der Waals surface area contributed by atoms with E-state index < -0.39 is 30.1 Å². The lowest BCUT2D eigenvalue weighted by molar-refractivity contribution is -0.141. The van der Waals surface area contributed by atoms with Gasteiger partial charge in [0.05, 0.1) is 0 Å². The summed E-state index contributed by atoms with van der Waals surface area (Å²) in [6, 6.07) is 0. The molecule has 0 atom stereocenters. The molecular formula is C8H12BO6-. The number of hydrogen-bond donors (Lipinski definition) is 0. The molecule has 0 aliphatic carbocycles. The fourth-order valence-electron chi connectivity index (χ4n) is 1.51. The summed E-state index contributed by atoms with van der Waals surface area (Å²) in [6.07, 6.45) is 0. The third kappa shape index (κ3) is 1.42. The molecule has 0 saturated carbocycles. The van der Waals surface area contributed by atoms with Crippen molar-refractivity contribution in [3.8, 4) is 0 Å². The topological polar surface area (TPSA) is 71.1 Å². The van der Waals surface area contributed by atoms with E-state index in [2.05, 4.69) is 0 Å². The van der Waals surface area contributed by atoms with Crippen LogP contribution in [0.25, 0.3) is 0 Å². The molecule has 0 aromatic rings. The first-order valence-corrected chi connectivity index (χ1v) is 4.67. The van der Waals surface area contributed by atoms with E-state index in [9.17, 15) is 9.59 Å². The molecular weight excluding hydrogens is 203 g/mol. The van der Waals surface area contributed by atoms with Gasteiger partial charge in [0, 0.05) is 0 Å². The first-order chi connectivity index (χ1) is 6.67. The second kappa shape index (κ2) is 2.54. The van der Waals surface area contributed by atoms with E-state index in [1.54, 1.807) is 0 Å². The Balaban J connectivity index is 2.27. The molecule has 2 fully saturated rings. The Bertz CT molecular complexity index is 313. The molecule has 0 aromatic heterocycles. The van der Waals surface area contributed by atoms with E-state index in [1.807, 2.05) is 0 Å². The molecule has 84 valence electrons. The minimum absolute atomic E-state index is 0.604. The molecule has 2 heterocycles. The Labute approximate surface area is 86.9 Å². The van der Waals surface area contributed by atoms with Crippen molar-refractivity contribution in [3.63, 3.8) is 0 Å². The lowest BCUT2D eigenvalue weighted by Gasteiger charge is -2.28. The molecule has 0 N–H and O–H groups in total. The van der Waals surface area contributed by atoms with Crippen LogP contribution in [0.3, 0.4) is 0 Å². The van der Waals surface area contributed by atoms with E-state index in [-0.39, 0.29) is 0 Å². The third-order valence-corrected chi connectivity index (χ3v) is 2.36. The molecule has 2 aliphatic heterocycles. The number of rotatable bonds is 0. The van der Waals surface area contributed by atoms with Crippen molar-refractivity contribution < 1.29 is 28.2 Å². The summed E-state index contributed by atoms with van der Waals surface area (Å²) >= 11 is 0. The summed E-state index contributed by atoms with van der Waals surface area (Å²) in [4.78, 5) is 22.7. The van der Waals surface area contributed by atoms with Crippen molar-refractivity contribution in [2.75, 3.05) is 0 Å². The Morgan fingerprint density at radius 1 is 0.867 bits per heavy atom. The largest absolute Gasteiger partial charge is 0.657 e. The van der Waals surface area contributed by atoms with Crippen molar-refractivity contribution in [2.45, 2.75) is 38.9 Å². The van der Waals surface area contributed by atoms with Crippen LogP contribution in [0.15, 0.2) is 0 Å². The fourth-order valence-corrected chi connectivity index (χ4v) is 1.51. The third-order valence-electron chi connectivity index (χ3n) is 2.36. The zero-order valence-corrected chi connectivity index (χ0v) is 9.03. The van der Waals surface area contributed by atoms with Gasteiger partial charge in [-0.15, -0.1) is 0 Å². The van der Waals surface area contributed by atoms with Crippen LogP contribution in [0.4, 0.5) is 0 Å². The standard InChI is InChI=1S/C8H12BO6/c1-7(2)5(10)12-9(14-7)13-6(11)8(3,4)15-9/h1-4H3/q-1. The Kier molecular flexibility index (Phi) is 1.77. The van der Waals surface area contributed by atoms with Gasteiger partial charge in [0.1, 0.15) is 11.2 Å². The van der Waals surface area contributed by atoms with Gasteiger partial charge < -0.3 is 18.6 Å². The predicted octanol–water partition coefficient (Wildman–Crippen LogP) is 0.126. The van der Waals surface area contributed by atoms with E-state index in [1.165, 1.54) is 27.7 Å². The summed E-state index contributed by atoms with van der Waals surface area (Å²) < 4.78 is 20.2. The normalized spacial score (nSPS) is 30.4. The molecule has 7 heteroatoms. The minimum Gasteiger partial charge on any atom is -0.606 e. The Morgan fingerprint density at radius 3 is 1.40 bits per heavy atom. The van der Waals surface area contributed by atoms with Gasteiger partial charge in [-0.1, -0.05) is 0 Å². The molecule has 0 bridgehead atoms. The van der Waals surface area contributed by atoms with Gasteiger partial charge in [-0.3, -0.25) is 9.59 Å². The van der Waals surface area contributed by atoms with Crippen LogP contribution < -0.4 is 0 Å². The van der Waals surface area contributed by atoms with E-state index in [0.717, 1.165) is 0 Å². The van der Waals surface area contributed by atoms with Crippen LogP contribution in [-0.4, -0.2) is 30.1 Å². The van der Waals surface area contributed by atoms with E-state index in [0.29, 0.717) is 0 Å². The molecule has 15 heavy (non-hydrogen) atoms. The maximum atomic E-state index is 11.4. The SMILES string of the molecule is CC1(C)O[B-]2(OC1=O)OC(=O)C(C)(C)O2. The monoisotopic (exact) mass is 215 g/mol. The molecule has 2 saturated heterocycles. The summed E-state index contributed by atoms with van der Waals surface area (Å²) in [7, 11) is 0. The molecule has 1 spiro atoms. The highest BCUT2D eigenvalue weighted by Crippen LogP contribution is 2.38. The number of carbonyl (C=O) groups excluding carboxylic acids is 2. The number of hydrogen-bond acceptors (Lipinski definition) is 6. The van der Waals surface area contributed by atoms with Gasteiger partial charge in [0.15, 0.2) is 0 Å². The average Bonchev–Trinajstić information content (AvgIpc) is 2.31. The Hall–Kier alpha value is -1.08. The van der Waals surface area contributed by atoms with Crippen LogP contribution >= 0.6 is 0 Å². The summed E-state index contributed by atoms with van der Waals surface area (Å²) in [5.74, 6) is -1.21. The summed E-state index contributed by atoms with van der Waals surface area (Å²) in [5, 5.41) is 0. The van der Waals surface area contributed by atoms with Crippen molar-refractivity contribution in [1.82, 2.24) is 0 Å². The van der Waals surface area contributed by atoms with Crippen LogP contribution in [0.2, 0.25) is 0 Å². The van der Waals surface area contributed by atoms with Crippen LogP contribution in [0.1, 0.15) is 27.7 Å². The lowest BCUT2D eigenvalue weighted by Crippen LogP contribution is -2.43. The molecule has 2 aliphatic rings. The van der Waals surface area contributed by atoms with E-state index in [4.69, 9.17) is 18.6 Å². The van der Waals surface area contributed by atoms with Crippen LogP contribution in [0.5, 0.6) is 0 Å². The van der Waals surface area contributed by atoms with Crippen molar-refractivity contribution in [2.24, 2.45) is 0 Å². The van der Waals surface area contributed by atoms with Gasteiger partial charge >= 0.3 is 6.96 Å². The van der Waals surface area contributed by atoms with Crippen molar-refractivity contribution in [1.29, 1.82) is 0 Å². The zero-order valence-electron chi connectivity index (χ0n) is 9.03. The summed E-state index contributed by atoms with van der Waals surface area (Å²) in [5.41, 5.74) is -2.30.